The van der Waals surface area contributed by atoms with Crippen molar-refractivity contribution in [3.8, 4) is 0 Å². The summed E-state index contributed by atoms with van der Waals surface area (Å²) in [6.45, 7) is 0. The number of nitrogens with zero attached hydrogens (tertiary/aromatic N) is 1. The first-order valence-electron chi connectivity index (χ1n) is 7.86. The molecule has 3 rings (SSSR count). The standard InChI is InChI=1S/C18H13F2N3O4/c19-12-6-7-15(23(26)27)11(16(12)20)9-14-18(25)21-13(17(24)22-14)8-10-4-2-1-3-5-10/h1-7,9,13H,8H2,(H,21,25)(H,22,24)/b14-9+. The van der Waals surface area contributed by atoms with Gasteiger partial charge in [-0.05, 0) is 17.7 Å². The maximum Gasteiger partial charge on any atom is 0.279 e. The second kappa shape index (κ2) is 7.32. The van der Waals surface area contributed by atoms with Crippen LogP contribution in [0.15, 0.2) is 48.2 Å². The number of rotatable bonds is 4. The topological polar surface area (TPSA) is 101 Å². The Hall–Kier alpha value is -3.62. The van der Waals surface area contributed by atoms with Crippen molar-refractivity contribution in [1.82, 2.24) is 10.6 Å². The normalized spacial score (nSPS) is 18.1. The van der Waals surface area contributed by atoms with Gasteiger partial charge in [-0.1, -0.05) is 30.3 Å². The minimum atomic E-state index is -1.48. The molecule has 0 spiro atoms. The first kappa shape index (κ1) is 18.2. The van der Waals surface area contributed by atoms with Crippen molar-refractivity contribution in [3.63, 3.8) is 0 Å². The van der Waals surface area contributed by atoms with E-state index in [0.29, 0.717) is 6.07 Å². The molecule has 2 aromatic rings. The van der Waals surface area contributed by atoms with E-state index in [1.807, 2.05) is 6.07 Å². The monoisotopic (exact) mass is 373 g/mol. The maximum absolute atomic E-state index is 14.0. The molecule has 1 atom stereocenters. The lowest BCUT2D eigenvalue weighted by molar-refractivity contribution is -0.385. The number of amides is 2. The van der Waals surface area contributed by atoms with Crippen LogP contribution in [0.25, 0.3) is 6.08 Å². The summed E-state index contributed by atoms with van der Waals surface area (Å²) in [5.41, 5.74) is -1.05. The number of nitro groups is 1. The Morgan fingerprint density at radius 1 is 1.11 bits per heavy atom. The Morgan fingerprint density at radius 2 is 1.81 bits per heavy atom. The lowest BCUT2D eigenvalue weighted by Gasteiger charge is -2.25. The predicted molar refractivity (Wildman–Crippen MR) is 91.2 cm³/mol. The first-order valence-corrected chi connectivity index (χ1v) is 7.86. The molecule has 0 aliphatic carbocycles. The van der Waals surface area contributed by atoms with Crippen molar-refractivity contribution < 1.29 is 23.3 Å². The summed E-state index contributed by atoms with van der Waals surface area (Å²) in [7, 11) is 0. The molecule has 1 aliphatic rings. The van der Waals surface area contributed by atoms with Gasteiger partial charge in [-0.2, -0.15) is 0 Å². The molecule has 138 valence electrons. The fourth-order valence-corrected chi connectivity index (χ4v) is 2.67. The summed E-state index contributed by atoms with van der Waals surface area (Å²) in [5, 5.41) is 15.8. The number of nitro benzene ring substituents is 1. The van der Waals surface area contributed by atoms with Crippen LogP contribution in [0, 0.1) is 21.7 Å². The van der Waals surface area contributed by atoms with Crippen LogP contribution in [0.4, 0.5) is 14.5 Å². The third kappa shape index (κ3) is 3.81. The van der Waals surface area contributed by atoms with Gasteiger partial charge in [-0.3, -0.25) is 19.7 Å². The van der Waals surface area contributed by atoms with Gasteiger partial charge in [0.05, 0.1) is 10.5 Å². The van der Waals surface area contributed by atoms with Crippen molar-refractivity contribution in [2.45, 2.75) is 12.5 Å². The molecule has 2 amide bonds. The highest BCUT2D eigenvalue weighted by molar-refractivity contribution is 6.07. The molecule has 1 heterocycles. The smallest absolute Gasteiger partial charge is 0.279 e. The predicted octanol–water partition coefficient (Wildman–Crippen LogP) is 2.07. The van der Waals surface area contributed by atoms with Crippen LogP contribution in [-0.4, -0.2) is 22.8 Å². The molecule has 0 bridgehead atoms. The van der Waals surface area contributed by atoms with Gasteiger partial charge in [-0.15, -0.1) is 0 Å². The van der Waals surface area contributed by atoms with Crippen LogP contribution < -0.4 is 10.6 Å². The van der Waals surface area contributed by atoms with Crippen LogP contribution in [0.1, 0.15) is 11.1 Å². The van der Waals surface area contributed by atoms with Gasteiger partial charge in [0.1, 0.15) is 11.7 Å². The average molecular weight is 373 g/mol. The number of piperazine rings is 1. The summed E-state index contributed by atoms with van der Waals surface area (Å²) < 4.78 is 27.4. The highest BCUT2D eigenvalue weighted by Crippen LogP contribution is 2.26. The third-order valence-electron chi connectivity index (χ3n) is 4.00. The zero-order valence-corrected chi connectivity index (χ0v) is 13.7. The van der Waals surface area contributed by atoms with Crippen molar-refractivity contribution >= 4 is 23.6 Å². The Kier molecular flexibility index (Phi) is 4.93. The Labute approximate surface area is 151 Å². The zero-order chi connectivity index (χ0) is 19.6. The van der Waals surface area contributed by atoms with Crippen LogP contribution in [0.3, 0.4) is 0 Å². The molecular weight excluding hydrogens is 360 g/mol. The molecule has 7 nitrogen and oxygen atoms in total. The molecule has 1 unspecified atom stereocenters. The van der Waals surface area contributed by atoms with Crippen molar-refractivity contribution in [1.29, 1.82) is 0 Å². The second-order valence-corrected chi connectivity index (χ2v) is 5.81. The summed E-state index contributed by atoms with van der Waals surface area (Å²) in [6.07, 6.45) is 0.989. The molecular formula is C18H13F2N3O4. The van der Waals surface area contributed by atoms with Gasteiger partial charge in [0.15, 0.2) is 11.6 Å². The number of hydrogen-bond donors (Lipinski definition) is 2. The number of carbonyl (C=O) groups excluding carboxylic acids is 2. The average Bonchev–Trinajstić information content (AvgIpc) is 2.63. The molecule has 0 aromatic heterocycles. The molecule has 1 saturated heterocycles. The van der Waals surface area contributed by atoms with Gasteiger partial charge in [0.2, 0.25) is 5.91 Å². The summed E-state index contributed by atoms with van der Waals surface area (Å²) in [6, 6.07) is 9.50. The molecule has 2 N–H and O–H groups in total. The number of hydrogen-bond acceptors (Lipinski definition) is 4. The summed E-state index contributed by atoms with van der Waals surface area (Å²) >= 11 is 0. The van der Waals surface area contributed by atoms with E-state index in [0.717, 1.165) is 17.7 Å². The number of carbonyl (C=O) groups is 2. The Morgan fingerprint density at radius 3 is 2.48 bits per heavy atom. The van der Waals surface area contributed by atoms with E-state index in [-0.39, 0.29) is 6.42 Å². The highest BCUT2D eigenvalue weighted by Gasteiger charge is 2.31. The molecule has 1 fully saturated rings. The van der Waals surface area contributed by atoms with Crippen LogP contribution in [0.2, 0.25) is 0 Å². The van der Waals surface area contributed by atoms with Gasteiger partial charge in [-0.25, -0.2) is 8.78 Å². The number of nitrogens with one attached hydrogen (secondary N) is 2. The summed E-state index contributed by atoms with van der Waals surface area (Å²) in [4.78, 5) is 34.6. The molecule has 0 saturated carbocycles. The maximum atomic E-state index is 14.0. The molecule has 27 heavy (non-hydrogen) atoms. The second-order valence-electron chi connectivity index (χ2n) is 5.81. The molecule has 1 aliphatic heterocycles. The molecule has 9 heteroatoms. The van der Waals surface area contributed by atoms with Crippen LogP contribution in [-0.2, 0) is 16.0 Å². The van der Waals surface area contributed by atoms with Gasteiger partial charge < -0.3 is 10.6 Å². The zero-order valence-electron chi connectivity index (χ0n) is 13.7. The van der Waals surface area contributed by atoms with E-state index in [4.69, 9.17) is 0 Å². The van der Waals surface area contributed by atoms with Crippen LogP contribution in [0.5, 0.6) is 0 Å². The van der Waals surface area contributed by atoms with E-state index >= 15 is 0 Å². The molecule has 2 aromatic carbocycles. The highest BCUT2D eigenvalue weighted by atomic mass is 19.2. The van der Waals surface area contributed by atoms with Gasteiger partial charge in [0.25, 0.3) is 11.6 Å². The molecule has 0 radical (unpaired) electrons. The van der Waals surface area contributed by atoms with Crippen LogP contribution >= 0.6 is 0 Å². The van der Waals surface area contributed by atoms with Gasteiger partial charge in [0, 0.05) is 12.5 Å². The lowest BCUT2D eigenvalue weighted by Crippen LogP contribution is -2.55. The van der Waals surface area contributed by atoms with Gasteiger partial charge >= 0.3 is 0 Å². The fourth-order valence-electron chi connectivity index (χ4n) is 2.67. The minimum Gasteiger partial charge on any atom is -0.339 e. The van der Waals surface area contributed by atoms with E-state index in [9.17, 15) is 28.5 Å². The third-order valence-corrected chi connectivity index (χ3v) is 4.00. The fraction of sp³-hybridized carbons (Fsp3) is 0.111. The largest absolute Gasteiger partial charge is 0.339 e. The Bertz CT molecular complexity index is 961. The number of benzene rings is 2. The Balaban J connectivity index is 1.88. The lowest BCUT2D eigenvalue weighted by atomic mass is 10.0. The van der Waals surface area contributed by atoms with Crippen molar-refractivity contribution in [3.05, 3.63) is 81.0 Å². The number of halogens is 2. The SMILES string of the molecule is O=C1NC(Cc2ccccc2)C(=O)N/C1=C/c1c([N+](=O)[O-])ccc(F)c1F. The van der Waals surface area contributed by atoms with E-state index < -0.39 is 51.4 Å². The van der Waals surface area contributed by atoms with E-state index in [1.165, 1.54) is 0 Å². The quantitative estimate of drug-likeness (QED) is 0.487. The summed E-state index contributed by atoms with van der Waals surface area (Å²) in [5.74, 6) is -4.11. The first-order chi connectivity index (χ1) is 12.9. The van der Waals surface area contributed by atoms with E-state index in [2.05, 4.69) is 10.6 Å². The van der Waals surface area contributed by atoms with Crippen molar-refractivity contribution in [2.75, 3.05) is 0 Å². The van der Waals surface area contributed by atoms with E-state index in [1.54, 1.807) is 24.3 Å². The minimum absolute atomic E-state index is 0.236. The van der Waals surface area contributed by atoms with Crippen molar-refractivity contribution in [2.24, 2.45) is 0 Å².